The number of nitrogens with one attached hydrogen (secondary N) is 1. The van der Waals surface area contributed by atoms with E-state index in [-0.39, 0.29) is 5.97 Å². The van der Waals surface area contributed by atoms with Gasteiger partial charge in [0, 0.05) is 18.1 Å². The van der Waals surface area contributed by atoms with Crippen molar-refractivity contribution < 1.29 is 9.53 Å². The fourth-order valence-corrected chi connectivity index (χ4v) is 2.18. The summed E-state index contributed by atoms with van der Waals surface area (Å²) in [5.41, 5.74) is 7.62. The summed E-state index contributed by atoms with van der Waals surface area (Å²) in [4.78, 5) is 16.4. The number of carbonyl (C=O) groups is 1. The number of pyridine rings is 1. The first-order valence-corrected chi connectivity index (χ1v) is 7.26. The average molecular weight is 287 g/mol. The maximum Gasteiger partial charge on any atom is 0.341 e. The fourth-order valence-electron chi connectivity index (χ4n) is 2.18. The summed E-state index contributed by atoms with van der Waals surface area (Å²) in [5.74, 6) is -0.350. The molecule has 1 heterocycles. The number of anilines is 1. The highest BCUT2D eigenvalue weighted by Gasteiger charge is 2.15. The first-order valence-electron chi connectivity index (χ1n) is 7.26. The fraction of sp³-hybridized carbons (Fsp3) is 0.375. The van der Waals surface area contributed by atoms with Gasteiger partial charge in [0.15, 0.2) is 0 Å². The predicted molar refractivity (Wildman–Crippen MR) is 84.5 cm³/mol. The Kier molecular flexibility index (Phi) is 5.51. The van der Waals surface area contributed by atoms with Crippen LogP contribution in [0.5, 0.6) is 0 Å². The van der Waals surface area contributed by atoms with Crippen molar-refractivity contribution in [1.82, 2.24) is 4.98 Å². The Bertz CT molecular complexity index is 613. The molecule has 0 aliphatic heterocycles. The van der Waals surface area contributed by atoms with E-state index < -0.39 is 0 Å². The van der Waals surface area contributed by atoms with Crippen molar-refractivity contribution >= 4 is 22.6 Å². The monoisotopic (exact) mass is 287 g/mol. The van der Waals surface area contributed by atoms with Gasteiger partial charge in [0.05, 0.1) is 17.8 Å². The molecule has 0 bridgehead atoms. The van der Waals surface area contributed by atoms with Crippen molar-refractivity contribution in [3.8, 4) is 0 Å². The van der Waals surface area contributed by atoms with Gasteiger partial charge in [-0.25, -0.2) is 4.79 Å². The molecule has 0 aliphatic rings. The highest BCUT2D eigenvalue weighted by molar-refractivity contribution is 6.04. The van der Waals surface area contributed by atoms with Crippen LogP contribution in [0.1, 0.15) is 30.1 Å². The van der Waals surface area contributed by atoms with Crippen molar-refractivity contribution in [2.75, 3.05) is 25.0 Å². The number of benzene rings is 1. The van der Waals surface area contributed by atoms with E-state index in [0.29, 0.717) is 18.7 Å². The van der Waals surface area contributed by atoms with Crippen LogP contribution in [0.4, 0.5) is 5.69 Å². The number of ether oxygens (including phenoxy) is 1. The summed E-state index contributed by atoms with van der Waals surface area (Å²) in [7, 11) is 0. The van der Waals surface area contributed by atoms with E-state index in [9.17, 15) is 4.79 Å². The van der Waals surface area contributed by atoms with Crippen LogP contribution < -0.4 is 11.1 Å². The van der Waals surface area contributed by atoms with Crippen LogP contribution in [0.25, 0.3) is 10.9 Å². The average Bonchev–Trinajstić information content (AvgIpc) is 2.51. The summed E-state index contributed by atoms with van der Waals surface area (Å²) < 4.78 is 5.11. The first-order chi connectivity index (χ1) is 10.3. The van der Waals surface area contributed by atoms with Gasteiger partial charge in [0.25, 0.3) is 0 Å². The molecule has 1 aromatic heterocycles. The Labute approximate surface area is 124 Å². The number of nitrogens with two attached hydrogens (primary N) is 1. The second-order valence-electron chi connectivity index (χ2n) is 4.71. The molecular weight excluding hydrogens is 266 g/mol. The van der Waals surface area contributed by atoms with Crippen molar-refractivity contribution in [2.45, 2.75) is 19.8 Å². The zero-order valence-electron chi connectivity index (χ0n) is 12.3. The van der Waals surface area contributed by atoms with Crippen LogP contribution in [0, 0.1) is 0 Å². The Morgan fingerprint density at radius 1 is 1.33 bits per heavy atom. The molecule has 112 valence electrons. The maximum absolute atomic E-state index is 12.1. The summed E-state index contributed by atoms with van der Waals surface area (Å²) >= 11 is 0. The van der Waals surface area contributed by atoms with Gasteiger partial charge in [-0.1, -0.05) is 18.2 Å². The Hall–Kier alpha value is -2.14. The second-order valence-corrected chi connectivity index (χ2v) is 4.71. The van der Waals surface area contributed by atoms with E-state index in [2.05, 4.69) is 10.3 Å². The van der Waals surface area contributed by atoms with E-state index in [1.54, 1.807) is 13.1 Å². The lowest BCUT2D eigenvalue weighted by Gasteiger charge is -2.13. The lowest BCUT2D eigenvalue weighted by atomic mass is 10.1. The Balaban J connectivity index is 2.35. The lowest BCUT2D eigenvalue weighted by Crippen LogP contribution is -2.12. The zero-order valence-corrected chi connectivity index (χ0v) is 12.3. The third-order valence-corrected chi connectivity index (χ3v) is 3.20. The maximum atomic E-state index is 12.1. The van der Waals surface area contributed by atoms with Gasteiger partial charge >= 0.3 is 5.97 Å². The quantitative estimate of drug-likeness (QED) is 0.604. The van der Waals surface area contributed by atoms with Gasteiger partial charge in [0.2, 0.25) is 0 Å². The molecule has 0 spiro atoms. The molecular formula is C16H21N3O2. The number of aromatic nitrogens is 1. The van der Waals surface area contributed by atoms with Crippen LogP contribution >= 0.6 is 0 Å². The summed E-state index contributed by atoms with van der Waals surface area (Å²) in [6, 6.07) is 7.74. The molecule has 3 N–H and O–H groups in total. The highest BCUT2D eigenvalue weighted by Crippen LogP contribution is 2.26. The smallest absolute Gasteiger partial charge is 0.341 e. The van der Waals surface area contributed by atoms with Crippen LogP contribution in [-0.2, 0) is 4.74 Å². The number of esters is 1. The zero-order chi connectivity index (χ0) is 15.1. The van der Waals surface area contributed by atoms with E-state index >= 15 is 0 Å². The third-order valence-electron chi connectivity index (χ3n) is 3.20. The van der Waals surface area contributed by atoms with Crippen LogP contribution in [0.15, 0.2) is 30.5 Å². The molecule has 0 aliphatic carbocycles. The molecule has 0 atom stereocenters. The van der Waals surface area contributed by atoms with Crippen molar-refractivity contribution in [3.63, 3.8) is 0 Å². The number of fused-ring (bicyclic) bond motifs is 1. The van der Waals surface area contributed by atoms with E-state index in [1.165, 1.54) is 0 Å². The number of rotatable bonds is 7. The molecule has 0 amide bonds. The number of carbonyl (C=O) groups excluding carboxylic acids is 1. The SMILES string of the molecule is CCOC(=O)c1cnc2ccccc2c1NCCCCN. The second kappa shape index (κ2) is 7.59. The molecule has 0 radical (unpaired) electrons. The molecule has 0 saturated carbocycles. The van der Waals surface area contributed by atoms with Crippen molar-refractivity contribution in [1.29, 1.82) is 0 Å². The van der Waals surface area contributed by atoms with Crippen LogP contribution in [0.3, 0.4) is 0 Å². The molecule has 0 saturated heterocycles. The molecule has 0 unspecified atom stereocenters. The van der Waals surface area contributed by atoms with Gasteiger partial charge in [0.1, 0.15) is 5.56 Å². The summed E-state index contributed by atoms with van der Waals surface area (Å²) in [6.07, 6.45) is 3.48. The molecule has 5 heteroatoms. The van der Waals surface area contributed by atoms with Gasteiger partial charge in [-0.2, -0.15) is 0 Å². The number of nitrogens with zero attached hydrogens (tertiary/aromatic N) is 1. The van der Waals surface area contributed by atoms with E-state index in [4.69, 9.17) is 10.5 Å². The van der Waals surface area contributed by atoms with Crippen molar-refractivity contribution in [3.05, 3.63) is 36.0 Å². The highest BCUT2D eigenvalue weighted by atomic mass is 16.5. The number of para-hydroxylation sites is 1. The minimum atomic E-state index is -0.350. The minimum absolute atomic E-state index is 0.346. The molecule has 2 rings (SSSR count). The van der Waals surface area contributed by atoms with Gasteiger partial charge in [-0.15, -0.1) is 0 Å². The normalized spacial score (nSPS) is 10.6. The molecule has 2 aromatic rings. The molecule has 5 nitrogen and oxygen atoms in total. The topological polar surface area (TPSA) is 77.2 Å². The summed E-state index contributed by atoms with van der Waals surface area (Å²) in [6.45, 7) is 3.57. The summed E-state index contributed by atoms with van der Waals surface area (Å²) in [5, 5.41) is 4.26. The van der Waals surface area contributed by atoms with Crippen LogP contribution in [-0.4, -0.2) is 30.6 Å². The van der Waals surface area contributed by atoms with Crippen LogP contribution in [0.2, 0.25) is 0 Å². The molecule has 21 heavy (non-hydrogen) atoms. The minimum Gasteiger partial charge on any atom is -0.462 e. The number of unbranched alkanes of at least 4 members (excludes halogenated alkanes) is 1. The largest absolute Gasteiger partial charge is 0.462 e. The molecule has 1 aromatic carbocycles. The first kappa shape index (κ1) is 15.3. The lowest BCUT2D eigenvalue weighted by molar-refractivity contribution is 0.0527. The third kappa shape index (κ3) is 3.70. The number of hydrogen-bond acceptors (Lipinski definition) is 5. The Morgan fingerprint density at radius 2 is 2.14 bits per heavy atom. The van der Waals surface area contributed by atoms with E-state index in [1.807, 2.05) is 24.3 Å². The number of hydrogen-bond donors (Lipinski definition) is 2. The van der Waals surface area contributed by atoms with Gasteiger partial charge < -0.3 is 15.8 Å². The van der Waals surface area contributed by atoms with Gasteiger partial charge in [-0.05, 0) is 32.4 Å². The van der Waals surface area contributed by atoms with Gasteiger partial charge in [-0.3, -0.25) is 4.98 Å². The Morgan fingerprint density at radius 3 is 2.90 bits per heavy atom. The predicted octanol–water partition coefficient (Wildman–Crippen LogP) is 2.56. The van der Waals surface area contributed by atoms with Crippen molar-refractivity contribution in [2.24, 2.45) is 5.73 Å². The van der Waals surface area contributed by atoms with E-state index in [0.717, 1.165) is 36.0 Å². The molecule has 0 fully saturated rings. The standard InChI is InChI=1S/C16H21N3O2/c1-2-21-16(20)13-11-19-14-8-4-3-7-12(14)15(13)18-10-6-5-9-17/h3-4,7-8,11H,2,5-6,9-10,17H2,1H3,(H,18,19).